The van der Waals surface area contributed by atoms with Crippen LogP contribution in [0.1, 0.15) is 10.4 Å². The zero-order valence-corrected chi connectivity index (χ0v) is 12.1. The highest BCUT2D eigenvalue weighted by atomic mass is 79.9. The molecule has 4 nitrogen and oxygen atoms in total. The van der Waals surface area contributed by atoms with Crippen LogP contribution in [-0.4, -0.2) is 10.9 Å². The van der Waals surface area contributed by atoms with Gasteiger partial charge in [-0.15, -0.1) is 0 Å². The number of H-pyrrole nitrogens is 1. The maximum Gasteiger partial charge on any atom is 0.257 e. The minimum atomic E-state index is -0.150. The zero-order valence-electron chi connectivity index (χ0n) is 10.5. The minimum Gasteiger partial charge on any atom is -0.399 e. The second-order valence-corrected chi connectivity index (χ2v) is 5.38. The van der Waals surface area contributed by atoms with Gasteiger partial charge >= 0.3 is 0 Å². The highest BCUT2D eigenvalue weighted by molar-refractivity contribution is 9.10. The molecule has 3 aromatic rings. The van der Waals surface area contributed by atoms with Crippen LogP contribution in [0.4, 0.5) is 11.4 Å². The Hall–Kier alpha value is -2.27. The second kappa shape index (κ2) is 5.02. The van der Waals surface area contributed by atoms with Crippen LogP contribution in [0, 0.1) is 0 Å². The van der Waals surface area contributed by atoms with Gasteiger partial charge in [-0.05, 0) is 42.5 Å². The van der Waals surface area contributed by atoms with E-state index in [1.54, 1.807) is 12.3 Å². The predicted molar refractivity (Wildman–Crippen MR) is 84.8 cm³/mol. The van der Waals surface area contributed by atoms with Crippen molar-refractivity contribution in [2.45, 2.75) is 0 Å². The van der Waals surface area contributed by atoms with Crippen LogP contribution in [0.3, 0.4) is 0 Å². The van der Waals surface area contributed by atoms with E-state index in [0.717, 1.165) is 21.1 Å². The number of rotatable bonds is 2. The van der Waals surface area contributed by atoms with Crippen molar-refractivity contribution >= 4 is 44.1 Å². The maximum absolute atomic E-state index is 12.3. The molecular formula is C15H12BrN3O. The van der Waals surface area contributed by atoms with Crippen molar-refractivity contribution in [2.24, 2.45) is 0 Å². The number of carbonyl (C=O) groups excluding carboxylic acids is 1. The average Bonchev–Trinajstić information content (AvgIpc) is 2.84. The fourth-order valence-electron chi connectivity index (χ4n) is 2.06. The number of nitrogens with one attached hydrogen (secondary N) is 2. The minimum absolute atomic E-state index is 0.150. The first-order valence-corrected chi connectivity index (χ1v) is 6.86. The van der Waals surface area contributed by atoms with Crippen molar-refractivity contribution in [2.75, 3.05) is 11.1 Å². The highest BCUT2D eigenvalue weighted by Crippen LogP contribution is 2.22. The van der Waals surface area contributed by atoms with Gasteiger partial charge in [0.05, 0.1) is 5.56 Å². The van der Waals surface area contributed by atoms with Gasteiger partial charge in [0.25, 0.3) is 5.91 Å². The lowest BCUT2D eigenvalue weighted by Gasteiger charge is -2.04. The Labute approximate surface area is 124 Å². The molecule has 1 amide bonds. The van der Waals surface area contributed by atoms with Crippen molar-refractivity contribution in [3.05, 3.63) is 58.7 Å². The first-order valence-electron chi connectivity index (χ1n) is 6.07. The van der Waals surface area contributed by atoms with Gasteiger partial charge < -0.3 is 16.0 Å². The molecule has 0 radical (unpaired) electrons. The summed E-state index contributed by atoms with van der Waals surface area (Å²) in [6.07, 6.45) is 1.69. The molecule has 0 atom stereocenters. The van der Waals surface area contributed by atoms with Crippen LogP contribution < -0.4 is 11.1 Å². The summed E-state index contributed by atoms with van der Waals surface area (Å²) in [6.45, 7) is 0. The van der Waals surface area contributed by atoms with Crippen LogP contribution >= 0.6 is 15.9 Å². The van der Waals surface area contributed by atoms with E-state index in [-0.39, 0.29) is 5.91 Å². The summed E-state index contributed by atoms with van der Waals surface area (Å²) in [5.41, 5.74) is 8.59. The Morgan fingerprint density at radius 3 is 2.65 bits per heavy atom. The summed E-state index contributed by atoms with van der Waals surface area (Å²) >= 11 is 3.36. The molecule has 0 aliphatic heterocycles. The number of amides is 1. The van der Waals surface area contributed by atoms with E-state index >= 15 is 0 Å². The molecule has 1 aromatic heterocycles. The topological polar surface area (TPSA) is 70.9 Å². The summed E-state index contributed by atoms with van der Waals surface area (Å²) in [7, 11) is 0. The lowest BCUT2D eigenvalue weighted by molar-refractivity contribution is 0.102. The third kappa shape index (κ3) is 2.40. The molecule has 5 heteroatoms. The van der Waals surface area contributed by atoms with Crippen molar-refractivity contribution < 1.29 is 4.79 Å². The van der Waals surface area contributed by atoms with E-state index in [4.69, 9.17) is 5.73 Å². The summed E-state index contributed by atoms with van der Waals surface area (Å²) in [4.78, 5) is 15.3. The van der Waals surface area contributed by atoms with Gasteiger partial charge in [-0.25, -0.2) is 0 Å². The highest BCUT2D eigenvalue weighted by Gasteiger charge is 2.12. The first kappa shape index (κ1) is 12.7. The fraction of sp³-hybridized carbons (Fsp3) is 0. The molecule has 0 aliphatic carbocycles. The van der Waals surface area contributed by atoms with Gasteiger partial charge in [-0.3, -0.25) is 4.79 Å². The van der Waals surface area contributed by atoms with Gasteiger partial charge in [0.2, 0.25) is 0 Å². The third-order valence-electron chi connectivity index (χ3n) is 3.05. The van der Waals surface area contributed by atoms with Crippen molar-refractivity contribution in [1.29, 1.82) is 0 Å². The first-order chi connectivity index (χ1) is 9.63. The number of halogens is 1. The smallest absolute Gasteiger partial charge is 0.257 e. The number of aromatic nitrogens is 1. The molecule has 0 saturated carbocycles. The molecule has 0 spiro atoms. The predicted octanol–water partition coefficient (Wildman–Crippen LogP) is 3.76. The van der Waals surface area contributed by atoms with Gasteiger partial charge in [-0.1, -0.05) is 15.9 Å². The quantitative estimate of drug-likeness (QED) is 0.626. The van der Waals surface area contributed by atoms with Crippen LogP contribution in [0.2, 0.25) is 0 Å². The SMILES string of the molecule is Nc1ccc2c(C(=O)Nc3ccc(Br)cc3)c[nH]c2c1. The lowest BCUT2D eigenvalue weighted by atomic mass is 10.1. The van der Waals surface area contributed by atoms with E-state index in [2.05, 4.69) is 26.2 Å². The Bertz CT molecular complexity index is 777. The van der Waals surface area contributed by atoms with Gasteiger partial charge in [0.1, 0.15) is 0 Å². The average molecular weight is 330 g/mol. The van der Waals surface area contributed by atoms with E-state index in [9.17, 15) is 4.79 Å². The van der Waals surface area contributed by atoms with Crippen LogP contribution in [0.25, 0.3) is 10.9 Å². The number of anilines is 2. The number of benzene rings is 2. The number of hydrogen-bond acceptors (Lipinski definition) is 2. The maximum atomic E-state index is 12.3. The Morgan fingerprint density at radius 1 is 1.15 bits per heavy atom. The van der Waals surface area contributed by atoms with Gasteiger partial charge in [0.15, 0.2) is 0 Å². The molecule has 2 aromatic carbocycles. The number of hydrogen-bond donors (Lipinski definition) is 3. The monoisotopic (exact) mass is 329 g/mol. The van der Waals surface area contributed by atoms with Crippen LogP contribution in [0.15, 0.2) is 53.1 Å². The number of nitrogens with two attached hydrogens (primary N) is 1. The molecule has 4 N–H and O–H groups in total. The Kier molecular flexibility index (Phi) is 3.20. The molecule has 0 bridgehead atoms. The molecule has 0 unspecified atom stereocenters. The van der Waals surface area contributed by atoms with Crippen molar-refractivity contribution in [1.82, 2.24) is 4.98 Å². The molecule has 0 aliphatic rings. The lowest BCUT2D eigenvalue weighted by Crippen LogP contribution is -2.11. The largest absolute Gasteiger partial charge is 0.399 e. The molecule has 3 rings (SSSR count). The number of aromatic amines is 1. The molecular weight excluding hydrogens is 318 g/mol. The van der Waals surface area contributed by atoms with E-state index in [0.29, 0.717) is 11.3 Å². The summed E-state index contributed by atoms with van der Waals surface area (Å²) in [5.74, 6) is -0.150. The normalized spacial score (nSPS) is 10.7. The number of carbonyl (C=O) groups is 1. The van der Waals surface area contributed by atoms with E-state index in [1.807, 2.05) is 36.4 Å². The molecule has 0 fully saturated rings. The summed E-state index contributed by atoms with van der Waals surface area (Å²) in [6, 6.07) is 12.9. The van der Waals surface area contributed by atoms with Crippen LogP contribution in [0.5, 0.6) is 0 Å². The van der Waals surface area contributed by atoms with Crippen molar-refractivity contribution in [3.63, 3.8) is 0 Å². The Balaban J connectivity index is 1.91. The van der Waals surface area contributed by atoms with Crippen molar-refractivity contribution in [3.8, 4) is 0 Å². The molecule has 1 heterocycles. The van der Waals surface area contributed by atoms with Gasteiger partial charge in [-0.2, -0.15) is 0 Å². The fourth-order valence-corrected chi connectivity index (χ4v) is 2.33. The second-order valence-electron chi connectivity index (χ2n) is 4.47. The zero-order chi connectivity index (χ0) is 14.1. The molecule has 0 saturated heterocycles. The molecule has 100 valence electrons. The van der Waals surface area contributed by atoms with E-state index < -0.39 is 0 Å². The molecule has 20 heavy (non-hydrogen) atoms. The number of nitrogen functional groups attached to an aromatic ring is 1. The van der Waals surface area contributed by atoms with Crippen LogP contribution in [-0.2, 0) is 0 Å². The standard InChI is InChI=1S/C15H12BrN3O/c16-9-1-4-11(5-2-9)19-15(20)13-8-18-14-7-10(17)3-6-12(13)14/h1-8,18H,17H2,(H,19,20). The summed E-state index contributed by atoms with van der Waals surface area (Å²) in [5, 5.41) is 3.72. The Morgan fingerprint density at radius 2 is 1.90 bits per heavy atom. The third-order valence-corrected chi connectivity index (χ3v) is 3.58. The van der Waals surface area contributed by atoms with E-state index in [1.165, 1.54) is 0 Å². The number of fused-ring (bicyclic) bond motifs is 1. The van der Waals surface area contributed by atoms with Gasteiger partial charge in [0, 0.05) is 32.9 Å². The summed E-state index contributed by atoms with van der Waals surface area (Å²) < 4.78 is 0.970.